The Bertz CT molecular complexity index is 1000. The van der Waals surface area contributed by atoms with Crippen molar-refractivity contribution in [2.45, 2.75) is 33.2 Å². The summed E-state index contributed by atoms with van der Waals surface area (Å²) in [4.78, 5) is 25.5. The lowest BCUT2D eigenvalue weighted by atomic mass is 10.0. The molecule has 2 amide bonds. The molecule has 0 fully saturated rings. The van der Waals surface area contributed by atoms with Crippen molar-refractivity contribution in [1.82, 2.24) is 5.32 Å². The largest absolute Gasteiger partial charge is 0.496 e. The van der Waals surface area contributed by atoms with Crippen LogP contribution in [0.2, 0.25) is 0 Å². The summed E-state index contributed by atoms with van der Waals surface area (Å²) < 4.78 is 31.4. The molecular formula is C22H29N3O5S. The van der Waals surface area contributed by atoms with Gasteiger partial charge in [-0.05, 0) is 48.7 Å². The van der Waals surface area contributed by atoms with Gasteiger partial charge in [0.05, 0.1) is 18.4 Å². The molecule has 2 rings (SSSR count). The second-order valence-electron chi connectivity index (χ2n) is 7.38. The normalized spacial score (nSPS) is 12.2. The van der Waals surface area contributed by atoms with Gasteiger partial charge < -0.3 is 15.4 Å². The number of rotatable bonds is 10. The fourth-order valence-electron chi connectivity index (χ4n) is 2.93. The van der Waals surface area contributed by atoms with Crippen LogP contribution in [0.15, 0.2) is 48.5 Å². The van der Waals surface area contributed by atoms with E-state index in [0.29, 0.717) is 29.1 Å². The smallest absolute Gasteiger partial charge is 0.255 e. The third-order valence-corrected chi connectivity index (χ3v) is 5.98. The summed E-state index contributed by atoms with van der Waals surface area (Å²) in [5, 5.41) is 5.52. The monoisotopic (exact) mass is 447 g/mol. The Morgan fingerprint density at radius 2 is 1.61 bits per heavy atom. The zero-order valence-corrected chi connectivity index (χ0v) is 19.0. The second-order valence-corrected chi connectivity index (χ2v) is 9.22. The first-order chi connectivity index (χ1) is 14.7. The highest BCUT2D eigenvalue weighted by atomic mass is 32.2. The maximum atomic E-state index is 12.8. The van der Waals surface area contributed by atoms with Gasteiger partial charge in [0.25, 0.3) is 5.91 Å². The molecule has 0 aliphatic rings. The lowest BCUT2D eigenvalue weighted by Gasteiger charge is -2.22. The quantitative estimate of drug-likeness (QED) is 0.517. The first kappa shape index (κ1) is 24.2. The van der Waals surface area contributed by atoms with Gasteiger partial charge in [-0.3, -0.25) is 14.3 Å². The molecule has 0 aliphatic carbocycles. The number of benzene rings is 2. The van der Waals surface area contributed by atoms with Crippen molar-refractivity contribution in [3.05, 3.63) is 54.1 Å². The van der Waals surface area contributed by atoms with Crippen molar-refractivity contribution < 1.29 is 22.7 Å². The Morgan fingerprint density at radius 3 is 2.19 bits per heavy atom. The van der Waals surface area contributed by atoms with Crippen LogP contribution >= 0.6 is 0 Å². The number of sulfonamides is 1. The van der Waals surface area contributed by atoms with Gasteiger partial charge in [-0.15, -0.1) is 0 Å². The minimum absolute atomic E-state index is 0.0352. The lowest BCUT2D eigenvalue weighted by Crippen LogP contribution is -2.47. The number of methoxy groups -OCH3 is 1. The Hall–Kier alpha value is -3.07. The molecule has 31 heavy (non-hydrogen) atoms. The summed E-state index contributed by atoms with van der Waals surface area (Å²) in [6.45, 7) is 5.45. The molecule has 2 aromatic carbocycles. The van der Waals surface area contributed by atoms with E-state index in [1.165, 1.54) is 7.11 Å². The van der Waals surface area contributed by atoms with Crippen LogP contribution in [0.3, 0.4) is 0 Å². The van der Waals surface area contributed by atoms with Crippen LogP contribution in [-0.2, 0) is 14.8 Å². The van der Waals surface area contributed by atoms with Crippen molar-refractivity contribution >= 4 is 33.2 Å². The standard InChI is InChI=1S/C22H29N3O5S/c1-5-14-31(28,29)25-17-12-10-16(11-13-17)23-22(27)20(15(2)3)24-21(26)18-8-6-7-9-19(18)30-4/h6-13,15,20,25H,5,14H2,1-4H3,(H,23,27)(H,24,26). The van der Waals surface area contributed by atoms with Crippen LogP contribution in [0.25, 0.3) is 0 Å². The Labute approximate surface area is 183 Å². The van der Waals surface area contributed by atoms with E-state index in [-0.39, 0.29) is 17.6 Å². The molecule has 1 atom stereocenters. The predicted molar refractivity (Wildman–Crippen MR) is 122 cm³/mol. The summed E-state index contributed by atoms with van der Waals surface area (Å²) >= 11 is 0. The number of carbonyl (C=O) groups is 2. The highest BCUT2D eigenvalue weighted by Crippen LogP contribution is 2.19. The fourth-order valence-corrected chi connectivity index (χ4v) is 4.06. The highest BCUT2D eigenvalue weighted by molar-refractivity contribution is 7.92. The predicted octanol–water partition coefficient (Wildman–Crippen LogP) is 3.24. The van der Waals surface area contributed by atoms with Gasteiger partial charge in [0.2, 0.25) is 15.9 Å². The van der Waals surface area contributed by atoms with Crippen LogP contribution in [0, 0.1) is 5.92 Å². The number of hydrogen-bond donors (Lipinski definition) is 3. The summed E-state index contributed by atoms with van der Waals surface area (Å²) in [6, 6.07) is 12.3. The van der Waals surface area contributed by atoms with E-state index in [2.05, 4.69) is 15.4 Å². The van der Waals surface area contributed by atoms with E-state index in [4.69, 9.17) is 4.74 Å². The maximum absolute atomic E-state index is 12.8. The molecule has 0 heterocycles. The van der Waals surface area contributed by atoms with Crippen molar-refractivity contribution in [2.24, 2.45) is 5.92 Å². The number of nitrogens with one attached hydrogen (secondary N) is 3. The molecule has 0 radical (unpaired) electrons. The molecule has 0 aliphatic heterocycles. The van der Waals surface area contributed by atoms with Crippen LogP contribution in [0.1, 0.15) is 37.6 Å². The van der Waals surface area contributed by atoms with E-state index >= 15 is 0 Å². The van der Waals surface area contributed by atoms with E-state index in [9.17, 15) is 18.0 Å². The third-order valence-electron chi connectivity index (χ3n) is 4.49. The summed E-state index contributed by atoms with van der Waals surface area (Å²) in [6.07, 6.45) is 0.515. The fraction of sp³-hybridized carbons (Fsp3) is 0.364. The van der Waals surface area contributed by atoms with Gasteiger partial charge in [-0.25, -0.2) is 8.42 Å². The van der Waals surface area contributed by atoms with Crippen molar-refractivity contribution in [3.63, 3.8) is 0 Å². The molecule has 9 heteroatoms. The Morgan fingerprint density at radius 1 is 1.00 bits per heavy atom. The van der Waals surface area contributed by atoms with Gasteiger partial charge >= 0.3 is 0 Å². The van der Waals surface area contributed by atoms with E-state index in [1.54, 1.807) is 55.5 Å². The van der Waals surface area contributed by atoms with Gasteiger partial charge in [0.1, 0.15) is 11.8 Å². The average Bonchev–Trinajstić information content (AvgIpc) is 2.72. The highest BCUT2D eigenvalue weighted by Gasteiger charge is 2.26. The Kier molecular flexibility index (Phi) is 8.44. The van der Waals surface area contributed by atoms with Crippen LogP contribution in [0.4, 0.5) is 11.4 Å². The molecule has 8 nitrogen and oxygen atoms in total. The van der Waals surface area contributed by atoms with Gasteiger partial charge in [-0.2, -0.15) is 0 Å². The third kappa shape index (κ3) is 6.99. The molecule has 0 saturated heterocycles. The first-order valence-corrected chi connectivity index (χ1v) is 11.7. The SMILES string of the molecule is CCCS(=O)(=O)Nc1ccc(NC(=O)C(NC(=O)c2ccccc2OC)C(C)C)cc1. The molecule has 0 aromatic heterocycles. The molecule has 2 aromatic rings. The molecule has 1 unspecified atom stereocenters. The molecule has 0 spiro atoms. The van der Waals surface area contributed by atoms with Crippen molar-refractivity contribution in [2.75, 3.05) is 22.9 Å². The summed E-state index contributed by atoms with van der Waals surface area (Å²) in [7, 11) is -1.91. The second kappa shape index (κ2) is 10.8. The van der Waals surface area contributed by atoms with E-state index in [0.717, 1.165) is 0 Å². The summed E-state index contributed by atoms with van der Waals surface area (Å²) in [5.41, 5.74) is 1.24. The topological polar surface area (TPSA) is 114 Å². The van der Waals surface area contributed by atoms with Gasteiger partial charge in [0, 0.05) is 11.4 Å². The number of hydrogen-bond acceptors (Lipinski definition) is 5. The molecule has 168 valence electrons. The van der Waals surface area contributed by atoms with Crippen molar-refractivity contribution in [1.29, 1.82) is 0 Å². The minimum Gasteiger partial charge on any atom is -0.496 e. The number of ether oxygens (including phenoxy) is 1. The van der Waals surface area contributed by atoms with Crippen LogP contribution in [0.5, 0.6) is 5.75 Å². The first-order valence-electron chi connectivity index (χ1n) is 10.0. The number of amides is 2. The number of carbonyl (C=O) groups excluding carboxylic acids is 2. The molecule has 0 saturated carbocycles. The molecule has 3 N–H and O–H groups in total. The Balaban J connectivity index is 2.08. The van der Waals surface area contributed by atoms with Crippen molar-refractivity contribution in [3.8, 4) is 5.75 Å². The van der Waals surface area contributed by atoms with Gasteiger partial charge in [-0.1, -0.05) is 32.9 Å². The lowest BCUT2D eigenvalue weighted by molar-refractivity contribution is -0.118. The summed E-state index contributed by atoms with van der Waals surface area (Å²) in [5.74, 6) is -0.500. The van der Waals surface area contributed by atoms with Crippen LogP contribution < -0.4 is 20.1 Å². The molecule has 0 bridgehead atoms. The van der Waals surface area contributed by atoms with Gasteiger partial charge in [0.15, 0.2) is 0 Å². The minimum atomic E-state index is -3.39. The average molecular weight is 448 g/mol. The molecular weight excluding hydrogens is 418 g/mol. The van der Waals surface area contributed by atoms with E-state index < -0.39 is 22.0 Å². The number of anilines is 2. The number of para-hydroxylation sites is 1. The van der Waals surface area contributed by atoms with E-state index in [1.807, 2.05) is 13.8 Å². The maximum Gasteiger partial charge on any atom is 0.255 e. The zero-order valence-electron chi connectivity index (χ0n) is 18.1. The van der Waals surface area contributed by atoms with Crippen LogP contribution in [-0.4, -0.2) is 39.1 Å². The zero-order chi connectivity index (χ0) is 23.0.